The molecule has 4 rings (SSSR count). The molecule has 3 aliphatic rings. The lowest BCUT2D eigenvalue weighted by Crippen LogP contribution is -2.47. The van der Waals surface area contributed by atoms with Crippen LogP contribution in [0.4, 0.5) is 5.69 Å². The summed E-state index contributed by atoms with van der Waals surface area (Å²) in [5, 5.41) is 12.6. The van der Waals surface area contributed by atoms with E-state index in [-0.39, 0.29) is 48.1 Å². The summed E-state index contributed by atoms with van der Waals surface area (Å²) in [5.41, 5.74) is 0.890. The fourth-order valence-corrected chi connectivity index (χ4v) is 5.07. The first-order valence-electron chi connectivity index (χ1n) is 10.2. The Morgan fingerprint density at radius 1 is 1.21 bits per heavy atom. The summed E-state index contributed by atoms with van der Waals surface area (Å²) in [6.45, 7) is 3.22. The lowest BCUT2D eigenvalue weighted by Gasteiger charge is -2.35. The van der Waals surface area contributed by atoms with Gasteiger partial charge in [0.05, 0.1) is 23.2 Å². The highest BCUT2D eigenvalue weighted by Crippen LogP contribution is 2.53. The molecule has 1 aromatic carbocycles. The molecule has 2 aliphatic heterocycles. The molecule has 3 amide bonds. The Balaban J connectivity index is 1.39. The van der Waals surface area contributed by atoms with Crippen LogP contribution in [-0.2, 0) is 9.59 Å². The Morgan fingerprint density at radius 3 is 2.59 bits per heavy atom. The first-order valence-corrected chi connectivity index (χ1v) is 10.6. The van der Waals surface area contributed by atoms with Crippen LogP contribution in [0.15, 0.2) is 18.2 Å². The Labute approximate surface area is 175 Å². The van der Waals surface area contributed by atoms with Gasteiger partial charge in [0.15, 0.2) is 0 Å². The second-order valence-electron chi connectivity index (χ2n) is 8.30. The minimum atomic E-state index is -0.214. The van der Waals surface area contributed by atoms with E-state index in [0.29, 0.717) is 35.9 Å². The van der Waals surface area contributed by atoms with Crippen LogP contribution in [0.1, 0.15) is 36.5 Å². The number of rotatable bonds is 4. The molecule has 0 radical (unpaired) electrons. The van der Waals surface area contributed by atoms with Gasteiger partial charge in [0, 0.05) is 38.2 Å². The number of carbonyl (C=O) groups is 3. The predicted octanol–water partition coefficient (Wildman–Crippen LogP) is 1.99. The monoisotopic (exact) mass is 419 g/mol. The van der Waals surface area contributed by atoms with Crippen molar-refractivity contribution in [3.63, 3.8) is 0 Å². The number of carbonyl (C=O) groups excluding carboxylic acids is 3. The minimum Gasteiger partial charge on any atom is -0.394 e. The van der Waals surface area contributed by atoms with Gasteiger partial charge in [0.1, 0.15) is 0 Å². The number of hydrogen-bond donors (Lipinski definition) is 2. The summed E-state index contributed by atoms with van der Waals surface area (Å²) in [6.07, 6.45) is 2.89. The molecule has 0 aromatic heterocycles. The third kappa shape index (κ3) is 3.85. The minimum absolute atomic E-state index is 0.0154. The second-order valence-corrected chi connectivity index (χ2v) is 8.71. The molecule has 3 atom stereocenters. The smallest absolute Gasteiger partial charge is 0.255 e. The molecular weight excluding hydrogens is 394 g/mol. The molecule has 7 nitrogen and oxygen atoms in total. The van der Waals surface area contributed by atoms with E-state index in [2.05, 4.69) is 5.32 Å². The number of anilines is 1. The number of nitrogens with zero attached hydrogens (tertiary/aromatic N) is 2. The highest BCUT2D eigenvalue weighted by atomic mass is 35.5. The van der Waals surface area contributed by atoms with Gasteiger partial charge in [-0.15, -0.1) is 0 Å². The third-order valence-corrected chi connectivity index (χ3v) is 6.73. The van der Waals surface area contributed by atoms with Crippen LogP contribution < -0.4 is 5.32 Å². The summed E-state index contributed by atoms with van der Waals surface area (Å²) in [7, 11) is 0. The van der Waals surface area contributed by atoms with Gasteiger partial charge >= 0.3 is 0 Å². The fraction of sp³-hybridized carbons (Fsp3) is 0.571. The number of amides is 3. The molecule has 156 valence electrons. The van der Waals surface area contributed by atoms with E-state index in [1.54, 1.807) is 23.1 Å². The van der Waals surface area contributed by atoms with Crippen LogP contribution >= 0.6 is 11.6 Å². The van der Waals surface area contributed by atoms with Gasteiger partial charge in [-0.2, -0.15) is 0 Å². The predicted molar refractivity (Wildman–Crippen MR) is 109 cm³/mol. The number of likely N-dealkylation sites (tertiary alicyclic amines) is 2. The van der Waals surface area contributed by atoms with E-state index in [1.807, 2.05) is 4.90 Å². The fourth-order valence-electron chi connectivity index (χ4n) is 4.87. The topological polar surface area (TPSA) is 90.0 Å². The molecule has 0 unspecified atom stereocenters. The summed E-state index contributed by atoms with van der Waals surface area (Å²) in [5.74, 6) is 0.0826. The standard InChI is InChI=1S/C21H26ClN3O4/c1-12(27)23-13-5-6-18(22)15(8-13)20(28)24-9-16-17(10-24)19(16)21(29)25-7-3-2-4-14(25)11-26/h5-6,8,14,16-17,19,26H,2-4,7,9-11H2,1H3,(H,23,27)/t14-,16+,17+/m0/s1. The van der Waals surface area contributed by atoms with Crippen molar-refractivity contribution < 1.29 is 19.5 Å². The van der Waals surface area contributed by atoms with Crippen LogP contribution in [0.2, 0.25) is 5.02 Å². The van der Waals surface area contributed by atoms with Crippen molar-refractivity contribution in [3.05, 3.63) is 28.8 Å². The first kappa shape index (κ1) is 20.2. The van der Waals surface area contributed by atoms with Gasteiger partial charge in [-0.05, 0) is 49.3 Å². The number of benzene rings is 1. The molecule has 0 spiro atoms. The lowest BCUT2D eigenvalue weighted by molar-refractivity contribution is -0.138. The Morgan fingerprint density at radius 2 is 1.93 bits per heavy atom. The number of halogens is 1. The maximum absolute atomic E-state index is 12.9. The van der Waals surface area contributed by atoms with Crippen molar-refractivity contribution in [3.8, 4) is 0 Å². The molecule has 1 aromatic rings. The Hall–Kier alpha value is -2.12. The molecule has 2 saturated heterocycles. The zero-order chi connectivity index (χ0) is 20.7. The maximum atomic E-state index is 12.9. The number of piperidine rings is 2. The summed E-state index contributed by atoms with van der Waals surface area (Å²) < 4.78 is 0. The van der Waals surface area contributed by atoms with Crippen molar-refractivity contribution in [2.45, 2.75) is 32.2 Å². The van der Waals surface area contributed by atoms with E-state index >= 15 is 0 Å². The zero-order valence-corrected chi connectivity index (χ0v) is 17.2. The van der Waals surface area contributed by atoms with Gasteiger partial charge in [0.2, 0.25) is 11.8 Å². The van der Waals surface area contributed by atoms with Gasteiger partial charge < -0.3 is 20.2 Å². The average molecular weight is 420 g/mol. The second kappa shape index (κ2) is 7.95. The van der Waals surface area contributed by atoms with Crippen molar-refractivity contribution in [2.24, 2.45) is 17.8 Å². The number of fused-ring (bicyclic) bond motifs is 1. The molecule has 1 aliphatic carbocycles. The van der Waals surface area contributed by atoms with E-state index in [9.17, 15) is 19.5 Å². The summed E-state index contributed by atoms with van der Waals surface area (Å²) in [6, 6.07) is 4.80. The van der Waals surface area contributed by atoms with E-state index in [0.717, 1.165) is 19.3 Å². The molecule has 2 N–H and O–H groups in total. The highest BCUT2D eigenvalue weighted by molar-refractivity contribution is 6.34. The molecule has 1 saturated carbocycles. The summed E-state index contributed by atoms with van der Waals surface area (Å²) in [4.78, 5) is 40.8. The Bertz CT molecular complexity index is 833. The molecule has 3 fully saturated rings. The normalized spacial score (nSPS) is 28.1. The van der Waals surface area contributed by atoms with Crippen LogP contribution in [0, 0.1) is 17.8 Å². The van der Waals surface area contributed by atoms with Crippen LogP contribution in [0.25, 0.3) is 0 Å². The zero-order valence-electron chi connectivity index (χ0n) is 16.4. The van der Waals surface area contributed by atoms with Crippen molar-refractivity contribution in [1.29, 1.82) is 0 Å². The van der Waals surface area contributed by atoms with Crippen LogP contribution in [-0.4, -0.2) is 64.9 Å². The quantitative estimate of drug-likeness (QED) is 0.781. The third-order valence-electron chi connectivity index (χ3n) is 6.40. The van der Waals surface area contributed by atoms with Gasteiger partial charge in [0.25, 0.3) is 5.91 Å². The molecule has 2 heterocycles. The van der Waals surface area contributed by atoms with Crippen molar-refractivity contribution in [1.82, 2.24) is 9.80 Å². The van der Waals surface area contributed by atoms with E-state index < -0.39 is 0 Å². The number of nitrogens with one attached hydrogen (secondary N) is 1. The lowest BCUT2D eigenvalue weighted by atomic mass is 10.0. The molecule has 8 heteroatoms. The molecular formula is C21H26ClN3O4. The molecule has 0 bridgehead atoms. The van der Waals surface area contributed by atoms with Crippen LogP contribution in [0.5, 0.6) is 0 Å². The van der Waals surface area contributed by atoms with Crippen LogP contribution in [0.3, 0.4) is 0 Å². The first-order chi connectivity index (χ1) is 13.9. The number of hydrogen-bond acceptors (Lipinski definition) is 4. The maximum Gasteiger partial charge on any atom is 0.255 e. The molecule has 29 heavy (non-hydrogen) atoms. The van der Waals surface area contributed by atoms with Gasteiger partial charge in [-0.25, -0.2) is 0 Å². The number of aliphatic hydroxyl groups excluding tert-OH is 1. The van der Waals surface area contributed by atoms with E-state index in [4.69, 9.17) is 11.6 Å². The van der Waals surface area contributed by atoms with Gasteiger partial charge in [-0.3, -0.25) is 14.4 Å². The number of aliphatic hydroxyl groups is 1. The van der Waals surface area contributed by atoms with Gasteiger partial charge in [-0.1, -0.05) is 11.6 Å². The Kier molecular flexibility index (Phi) is 5.53. The highest BCUT2D eigenvalue weighted by Gasteiger charge is 2.61. The summed E-state index contributed by atoms with van der Waals surface area (Å²) >= 11 is 6.22. The van der Waals surface area contributed by atoms with Crippen molar-refractivity contribution in [2.75, 3.05) is 31.6 Å². The largest absolute Gasteiger partial charge is 0.394 e. The van der Waals surface area contributed by atoms with E-state index in [1.165, 1.54) is 6.92 Å². The SMILES string of the molecule is CC(=O)Nc1ccc(Cl)c(C(=O)N2C[C@H]3C(C(=O)N4CCCC[C@H]4CO)[C@@H]3C2)c1. The van der Waals surface area contributed by atoms with Crippen molar-refractivity contribution >= 4 is 35.0 Å². The average Bonchev–Trinajstić information content (AvgIpc) is 3.20.